The Morgan fingerprint density at radius 1 is 1.31 bits per heavy atom. The maximum Gasteiger partial charge on any atom is 0.416 e. The van der Waals surface area contributed by atoms with Crippen LogP contribution < -0.4 is 0 Å². The zero-order valence-electron chi connectivity index (χ0n) is 8.80. The van der Waals surface area contributed by atoms with Crippen molar-refractivity contribution in [3.63, 3.8) is 0 Å². The number of halogens is 3. The fourth-order valence-electron chi connectivity index (χ4n) is 1.44. The Hall–Kier alpha value is -1.52. The van der Waals surface area contributed by atoms with Gasteiger partial charge in [-0.2, -0.15) is 13.2 Å². The normalized spacial score (nSPS) is 11.9. The third-order valence-electron chi connectivity index (χ3n) is 2.23. The molecule has 0 heterocycles. The number of hydrogen-bond donors (Lipinski definition) is 1. The molecule has 1 aromatic rings. The topological polar surface area (TPSA) is 37.3 Å². The Balaban J connectivity index is 3.39. The first-order valence-electron chi connectivity index (χ1n) is 4.68. The summed E-state index contributed by atoms with van der Waals surface area (Å²) in [6.07, 6.45) is -4.52. The van der Waals surface area contributed by atoms with E-state index in [0.29, 0.717) is 6.07 Å². The lowest BCUT2D eigenvalue weighted by molar-refractivity contribution is -0.138. The Morgan fingerprint density at radius 3 is 2.25 bits per heavy atom. The van der Waals surface area contributed by atoms with Crippen LogP contribution in [0, 0.1) is 0 Å². The first kappa shape index (κ1) is 12.5. The summed E-state index contributed by atoms with van der Waals surface area (Å²) < 4.78 is 38.0. The highest BCUT2D eigenvalue weighted by atomic mass is 19.4. The maximum atomic E-state index is 12.7. The molecule has 0 fully saturated rings. The van der Waals surface area contributed by atoms with Gasteiger partial charge in [-0.15, -0.1) is 0 Å². The van der Waals surface area contributed by atoms with Crippen LogP contribution in [0.5, 0.6) is 0 Å². The van der Waals surface area contributed by atoms with E-state index in [-0.39, 0.29) is 17.0 Å². The van der Waals surface area contributed by atoms with Crippen LogP contribution in [0.25, 0.3) is 0 Å². The molecule has 0 aliphatic carbocycles. The standard InChI is InChI=1S/C11H11F3O2/c1-6(2)8-4-3-7(10(15)16)5-9(8)11(12,13)14/h3-6H,1-2H3,(H,15,16). The third kappa shape index (κ3) is 2.53. The van der Waals surface area contributed by atoms with Gasteiger partial charge < -0.3 is 5.11 Å². The van der Waals surface area contributed by atoms with Crippen LogP contribution in [0.15, 0.2) is 18.2 Å². The van der Waals surface area contributed by atoms with Crippen molar-refractivity contribution in [2.45, 2.75) is 25.9 Å². The quantitative estimate of drug-likeness (QED) is 0.846. The van der Waals surface area contributed by atoms with Crippen molar-refractivity contribution < 1.29 is 23.1 Å². The maximum absolute atomic E-state index is 12.7. The minimum absolute atomic E-state index is 0.109. The largest absolute Gasteiger partial charge is 0.478 e. The average Bonchev–Trinajstić information content (AvgIpc) is 2.15. The highest BCUT2D eigenvalue weighted by Crippen LogP contribution is 2.35. The van der Waals surface area contributed by atoms with E-state index in [1.807, 2.05) is 0 Å². The summed E-state index contributed by atoms with van der Waals surface area (Å²) in [5, 5.41) is 8.64. The molecule has 0 spiro atoms. The van der Waals surface area contributed by atoms with Gasteiger partial charge in [-0.3, -0.25) is 0 Å². The van der Waals surface area contributed by atoms with E-state index in [1.54, 1.807) is 13.8 Å². The van der Waals surface area contributed by atoms with Crippen LogP contribution in [0.4, 0.5) is 13.2 Å². The van der Waals surface area contributed by atoms with Gasteiger partial charge in [0.25, 0.3) is 0 Å². The molecule has 0 amide bonds. The second-order valence-corrected chi connectivity index (χ2v) is 3.76. The van der Waals surface area contributed by atoms with Crippen molar-refractivity contribution in [2.24, 2.45) is 0 Å². The van der Waals surface area contributed by atoms with Crippen molar-refractivity contribution in [1.82, 2.24) is 0 Å². The Kier molecular flexibility index (Phi) is 3.26. The van der Waals surface area contributed by atoms with Gasteiger partial charge in [0, 0.05) is 0 Å². The molecule has 1 aromatic carbocycles. The van der Waals surface area contributed by atoms with E-state index in [4.69, 9.17) is 5.11 Å². The van der Waals surface area contributed by atoms with Crippen LogP contribution in [0.2, 0.25) is 0 Å². The molecular formula is C11H11F3O2. The van der Waals surface area contributed by atoms with E-state index >= 15 is 0 Å². The lowest BCUT2D eigenvalue weighted by atomic mass is 9.95. The SMILES string of the molecule is CC(C)c1ccc(C(=O)O)cc1C(F)(F)F. The van der Waals surface area contributed by atoms with Crippen LogP contribution in [-0.4, -0.2) is 11.1 Å². The van der Waals surface area contributed by atoms with Gasteiger partial charge in [-0.1, -0.05) is 19.9 Å². The Morgan fingerprint density at radius 2 is 1.88 bits per heavy atom. The summed E-state index contributed by atoms with van der Waals surface area (Å²) in [4.78, 5) is 10.6. The number of rotatable bonds is 2. The summed E-state index contributed by atoms with van der Waals surface area (Å²) in [6, 6.07) is 3.08. The summed E-state index contributed by atoms with van der Waals surface area (Å²) in [5.41, 5.74) is -1.11. The van der Waals surface area contributed by atoms with Crippen molar-refractivity contribution in [1.29, 1.82) is 0 Å². The highest BCUT2D eigenvalue weighted by Gasteiger charge is 2.34. The fourth-order valence-corrected chi connectivity index (χ4v) is 1.44. The van der Waals surface area contributed by atoms with E-state index in [2.05, 4.69) is 0 Å². The Bertz CT molecular complexity index is 408. The molecule has 0 aromatic heterocycles. The first-order valence-corrected chi connectivity index (χ1v) is 4.68. The van der Waals surface area contributed by atoms with E-state index < -0.39 is 17.7 Å². The zero-order valence-corrected chi connectivity index (χ0v) is 8.80. The van der Waals surface area contributed by atoms with Gasteiger partial charge in [-0.25, -0.2) is 4.79 Å². The van der Waals surface area contributed by atoms with Crippen molar-refractivity contribution in [3.05, 3.63) is 34.9 Å². The number of alkyl halides is 3. The lowest BCUT2D eigenvalue weighted by Crippen LogP contribution is -2.12. The lowest BCUT2D eigenvalue weighted by Gasteiger charge is -2.15. The molecule has 5 heteroatoms. The molecule has 0 saturated carbocycles. The average molecular weight is 232 g/mol. The Labute approximate surface area is 90.7 Å². The van der Waals surface area contributed by atoms with Crippen molar-refractivity contribution >= 4 is 5.97 Å². The number of aromatic carboxylic acids is 1. The first-order chi connectivity index (χ1) is 7.23. The molecule has 0 saturated heterocycles. The summed E-state index contributed by atoms with van der Waals surface area (Å²) in [7, 11) is 0. The highest BCUT2D eigenvalue weighted by molar-refractivity contribution is 5.88. The minimum atomic E-state index is -4.52. The predicted molar refractivity (Wildman–Crippen MR) is 52.5 cm³/mol. The molecule has 0 radical (unpaired) electrons. The minimum Gasteiger partial charge on any atom is -0.478 e. The van der Waals surface area contributed by atoms with Gasteiger partial charge in [-0.05, 0) is 23.6 Å². The second-order valence-electron chi connectivity index (χ2n) is 3.76. The number of hydrogen-bond acceptors (Lipinski definition) is 1. The molecule has 88 valence electrons. The smallest absolute Gasteiger partial charge is 0.416 e. The molecule has 0 atom stereocenters. The summed E-state index contributed by atoms with van der Waals surface area (Å²) in [6.45, 7) is 3.26. The fraction of sp³-hybridized carbons (Fsp3) is 0.364. The molecular weight excluding hydrogens is 221 g/mol. The van der Waals surface area contributed by atoms with E-state index in [0.717, 1.165) is 0 Å². The van der Waals surface area contributed by atoms with Gasteiger partial charge in [0.1, 0.15) is 0 Å². The number of benzene rings is 1. The van der Waals surface area contributed by atoms with Crippen LogP contribution in [0.1, 0.15) is 41.3 Å². The van der Waals surface area contributed by atoms with E-state index in [1.165, 1.54) is 12.1 Å². The molecule has 2 nitrogen and oxygen atoms in total. The monoisotopic (exact) mass is 232 g/mol. The van der Waals surface area contributed by atoms with Gasteiger partial charge in [0.15, 0.2) is 0 Å². The summed E-state index contributed by atoms with van der Waals surface area (Å²) in [5.74, 6) is -1.67. The molecule has 0 unspecified atom stereocenters. The van der Waals surface area contributed by atoms with Crippen LogP contribution in [0.3, 0.4) is 0 Å². The molecule has 1 N–H and O–H groups in total. The van der Waals surface area contributed by atoms with Crippen molar-refractivity contribution in [2.75, 3.05) is 0 Å². The number of carbonyl (C=O) groups is 1. The second kappa shape index (κ2) is 4.15. The third-order valence-corrected chi connectivity index (χ3v) is 2.23. The molecule has 0 bridgehead atoms. The number of carboxylic acid groups (broad SMARTS) is 1. The molecule has 16 heavy (non-hydrogen) atoms. The predicted octanol–water partition coefficient (Wildman–Crippen LogP) is 3.53. The molecule has 0 aliphatic rings. The molecule has 0 aliphatic heterocycles. The van der Waals surface area contributed by atoms with Gasteiger partial charge >= 0.3 is 12.1 Å². The van der Waals surface area contributed by atoms with Crippen LogP contribution in [-0.2, 0) is 6.18 Å². The van der Waals surface area contributed by atoms with E-state index in [9.17, 15) is 18.0 Å². The van der Waals surface area contributed by atoms with Crippen LogP contribution >= 0.6 is 0 Å². The number of carboxylic acids is 1. The summed E-state index contributed by atoms with van der Waals surface area (Å²) >= 11 is 0. The van der Waals surface area contributed by atoms with Crippen molar-refractivity contribution in [3.8, 4) is 0 Å². The molecule has 1 rings (SSSR count). The van der Waals surface area contributed by atoms with Gasteiger partial charge in [0.2, 0.25) is 0 Å². The van der Waals surface area contributed by atoms with Gasteiger partial charge in [0.05, 0.1) is 11.1 Å². The zero-order chi connectivity index (χ0) is 12.5.